The van der Waals surface area contributed by atoms with Crippen LogP contribution < -0.4 is 10.6 Å². The molecule has 0 spiro atoms. The lowest BCUT2D eigenvalue weighted by Crippen LogP contribution is -2.36. The zero-order valence-electron chi connectivity index (χ0n) is 15.9. The summed E-state index contributed by atoms with van der Waals surface area (Å²) in [5.41, 5.74) is 3.52. The maximum Gasteiger partial charge on any atom is 0.191 e. The van der Waals surface area contributed by atoms with E-state index in [0.717, 1.165) is 16.7 Å². The summed E-state index contributed by atoms with van der Waals surface area (Å²) < 4.78 is 1.81. The molecule has 2 heterocycles. The van der Waals surface area contributed by atoms with Crippen molar-refractivity contribution in [1.82, 2.24) is 30.4 Å². The Morgan fingerprint density at radius 2 is 2.04 bits per heavy atom. The Hall–Kier alpha value is -2.74. The van der Waals surface area contributed by atoms with Crippen LogP contribution in [0.25, 0.3) is 0 Å². The van der Waals surface area contributed by atoms with Crippen molar-refractivity contribution in [2.24, 2.45) is 4.99 Å². The minimum atomic E-state index is 0.456. The van der Waals surface area contributed by atoms with Crippen molar-refractivity contribution in [2.75, 3.05) is 7.05 Å². The number of guanidine groups is 1. The van der Waals surface area contributed by atoms with Crippen LogP contribution in [0.15, 0.2) is 47.3 Å². The number of thiazole rings is 1. The number of rotatable bonds is 7. The van der Waals surface area contributed by atoms with Gasteiger partial charge < -0.3 is 10.6 Å². The van der Waals surface area contributed by atoms with Gasteiger partial charge in [-0.25, -0.2) is 14.6 Å². The van der Waals surface area contributed by atoms with E-state index in [-0.39, 0.29) is 0 Å². The zero-order valence-corrected chi connectivity index (χ0v) is 16.7. The van der Waals surface area contributed by atoms with E-state index < -0.39 is 0 Å². The maximum atomic E-state index is 4.64. The average molecular weight is 384 g/mol. The minimum absolute atomic E-state index is 0.456. The average Bonchev–Trinajstić information content (AvgIpc) is 3.34. The highest BCUT2D eigenvalue weighted by Crippen LogP contribution is 2.17. The molecule has 0 atom stereocenters. The summed E-state index contributed by atoms with van der Waals surface area (Å²) in [6, 6.07) is 8.41. The van der Waals surface area contributed by atoms with E-state index in [9.17, 15) is 0 Å². The van der Waals surface area contributed by atoms with Crippen LogP contribution in [-0.2, 0) is 19.6 Å². The van der Waals surface area contributed by atoms with Crippen LogP contribution in [0.3, 0.4) is 0 Å². The minimum Gasteiger partial charge on any atom is -0.352 e. The van der Waals surface area contributed by atoms with Crippen molar-refractivity contribution in [2.45, 2.75) is 39.4 Å². The third-order valence-electron chi connectivity index (χ3n) is 4.05. The summed E-state index contributed by atoms with van der Waals surface area (Å²) in [4.78, 5) is 12.9. The predicted molar refractivity (Wildman–Crippen MR) is 109 cm³/mol. The highest BCUT2D eigenvalue weighted by Gasteiger charge is 2.06. The van der Waals surface area contributed by atoms with E-state index in [4.69, 9.17) is 0 Å². The fraction of sp³-hybridized carbons (Fsp3) is 0.368. The second kappa shape index (κ2) is 9.27. The molecule has 0 saturated heterocycles. The van der Waals surface area contributed by atoms with Gasteiger partial charge in [0.05, 0.1) is 18.8 Å². The summed E-state index contributed by atoms with van der Waals surface area (Å²) in [5.74, 6) is 1.22. The fourth-order valence-corrected chi connectivity index (χ4v) is 3.47. The monoisotopic (exact) mass is 383 g/mol. The third kappa shape index (κ3) is 5.62. The van der Waals surface area contributed by atoms with Crippen molar-refractivity contribution in [1.29, 1.82) is 0 Å². The SMILES string of the molecule is CN=C(NCc1cccc(Cn2cncn2)c1)NCc1nc(C(C)C)cs1. The fourth-order valence-electron chi connectivity index (χ4n) is 2.58. The molecular formula is C19H25N7S. The van der Waals surface area contributed by atoms with Gasteiger partial charge in [-0.3, -0.25) is 4.99 Å². The van der Waals surface area contributed by atoms with Gasteiger partial charge >= 0.3 is 0 Å². The van der Waals surface area contributed by atoms with E-state index in [2.05, 4.69) is 74.2 Å². The number of nitrogens with one attached hydrogen (secondary N) is 2. The molecule has 0 aliphatic heterocycles. The lowest BCUT2D eigenvalue weighted by Gasteiger charge is -2.12. The molecule has 3 rings (SSSR count). The normalized spacial score (nSPS) is 11.8. The second-order valence-corrected chi connectivity index (χ2v) is 7.46. The molecule has 142 valence electrons. The Morgan fingerprint density at radius 1 is 1.22 bits per heavy atom. The van der Waals surface area contributed by atoms with Crippen molar-refractivity contribution in [3.05, 3.63) is 64.1 Å². The Labute approximate surface area is 163 Å². The summed E-state index contributed by atoms with van der Waals surface area (Å²) in [7, 11) is 1.78. The molecule has 3 aromatic rings. The van der Waals surface area contributed by atoms with Gasteiger partial charge in [0.1, 0.15) is 17.7 Å². The first-order valence-corrected chi connectivity index (χ1v) is 9.81. The molecule has 0 bridgehead atoms. The lowest BCUT2D eigenvalue weighted by molar-refractivity contribution is 0.683. The molecule has 0 aliphatic carbocycles. The Morgan fingerprint density at radius 3 is 2.74 bits per heavy atom. The number of nitrogens with zero attached hydrogens (tertiary/aromatic N) is 5. The Kier molecular flexibility index (Phi) is 6.54. The van der Waals surface area contributed by atoms with Gasteiger partial charge in [0, 0.05) is 19.0 Å². The van der Waals surface area contributed by atoms with E-state index >= 15 is 0 Å². The van der Waals surface area contributed by atoms with Crippen molar-refractivity contribution in [3.8, 4) is 0 Å². The second-order valence-electron chi connectivity index (χ2n) is 6.51. The highest BCUT2D eigenvalue weighted by atomic mass is 32.1. The van der Waals surface area contributed by atoms with Gasteiger partial charge in [-0.2, -0.15) is 5.10 Å². The summed E-state index contributed by atoms with van der Waals surface area (Å²) in [6.07, 6.45) is 3.27. The van der Waals surface area contributed by atoms with Crippen LogP contribution in [0.4, 0.5) is 0 Å². The van der Waals surface area contributed by atoms with Crippen LogP contribution in [0.5, 0.6) is 0 Å². The largest absolute Gasteiger partial charge is 0.352 e. The first-order chi connectivity index (χ1) is 13.1. The van der Waals surface area contributed by atoms with E-state index in [1.165, 1.54) is 11.1 Å². The van der Waals surface area contributed by atoms with Crippen molar-refractivity contribution in [3.63, 3.8) is 0 Å². The van der Waals surface area contributed by atoms with Gasteiger partial charge in [-0.1, -0.05) is 38.1 Å². The van der Waals surface area contributed by atoms with Gasteiger partial charge in [-0.15, -0.1) is 11.3 Å². The molecule has 2 N–H and O–H groups in total. The predicted octanol–water partition coefficient (Wildman–Crippen LogP) is 2.77. The van der Waals surface area contributed by atoms with Crippen molar-refractivity contribution >= 4 is 17.3 Å². The van der Waals surface area contributed by atoms with Crippen molar-refractivity contribution < 1.29 is 0 Å². The van der Waals surface area contributed by atoms with Gasteiger partial charge in [0.15, 0.2) is 5.96 Å². The van der Waals surface area contributed by atoms with Gasteiger partial charge in [-0.05, 0) is 17.0 Å². The molecule has 0 unspecified atom stereocenters. The zero-order chi connectivity index (χ0) is 19.1. The molecule has 0 amide bonds. The molecule has 7 nitrogen and oxygen atoms in total. The number of aromatic nitrogens is 4. The molecule has 0 fully saturated rings. The first kappa shape index (κ1) is 19.0. The molecule has 8 heteroatoms. The number of hydrogen-bond donors (Lipinski definition) is 2. The number of hydrogen-bond acceptors (Lipinski definition) is 5. The van der Waals surface area contributed by atoms with Crippen LogP contribution in [0, 0.1) is 0 Å². The van der Waals surface area contributed by atoms with E-state index in [0.29, 0.717) is 25.6 Å². The van der Waals surface area contributed by atoms with E-state index in [1.807, 2.05) is 4.68 Å². The van der Waals surface area contributed by atoms with Gasteiger partial charge in [0.2, 0.25) is 0 Å². The molecule has 0 radical (unpaired) electrons. The number of aliphatic imine (C=N–C) groups is 1. The smallest absolute Gasteiger partial charge is 0.191 e. The van der Waals surface area contributed by atoms with Crippen LogP contribution in [0.1, 0.15) is 41.6 Å². The molecule has 0 aliphatic rings. The molecular weight excluding hydrogens is 358 g/mol. The topological polar surface area (TPSA) is 80.0 Å². The summed E-state index contributed by atoms with van der Waals surface area (Å²) >= 11 is 1.68. The summed E-state index contributed by atoms with van der Waals surface area (Å²) in [6.45, 7) is 6.39. The molecule has 2 aromatic heterocycles. The summed E-state index contributed by atoms with van der Waals surface area (Å²) in [5, 5.41) is 14.0. The third-order valence-corrected chi connectivity index (χ3v) is 4.92. The molecule has 1 aromatic carbocycles. The van der Waals surface area contributed by atoms with Crippen LogP contribution in [-0.4, -0.2) is 32.8 Å². The van der Waals surface area contributed by atoms with Crippen LogP contribution >= 0.6 is 11.3 Å². The molecule has 0 saturated carbocycles. The van der Waals surface area contributed by atoms with Crippen LogP contribution in [0.2, 0.25) is 0 Å². The Bertz CT molecular complexity index is 868. The maximum absolute atomic E-state index is 4.64. The standard InChI is InChI=1S/C19H25N7S/c1-14(2)17-11-27-18(25-17)9-23-19(20-3)22-8-15-5-4-6-16(7-15)10-26-13-21-12-24-26/h4-7,11-14H,8-10H2,1-3H3,(H2,20,22,23). The van der Waals surface area contributed by atoms with E-state index in [1.54, 1.807) is 31.0 Å². The number of benzene rings is 1. The lowest BCUT2D eigenvalue weighted by atomic mass is 10.1. The first-order valence-electron chi connectivity index (χ1n) is 8.93. The quantitative estimate of drug-likeness (QED) is 0.484. The van der Waals surface area contributed by atoms with Gasteiger partial charge in [0.25, 0.3) is 0 Å². The highest BCUT2D eigenvalue weighted by molar-refractivity contribution is 7.09. The molecule has 27 heavy (non-hydrogen) atoms. The Balaban J connectivity index is 1.51.